The monoisotopic (exact) mass is 216 g/mol. The van der Waals surface area contributed by atoms with E-state index in [4.69, 9.17) is 10.5 Å². The van der Waals surface area contributed by atoms with Gasteiger partial charge in [-0.1, -0.05) is 38.5 Å². The largest absolute Gasteiger partial charge is 0.198 e. The molecule has 0 radical (unpaired) electrons. The quantitative estimate of drug-likeness (QED) is 0.723. The number of nitriles is 2. The maximum absolute atomic E-state index is 8.96. The summed E-state index contributed by atoms with van der Waals surface area (Å²) in [6.45, 7) is 0. The zero-order chi connectivity index (χ0) is 11.4. The molecule has 0 aliphatic heterocycles. The summed E-state index contributed by atoms with van der Waals surface area (Å²) in [5, 5.41) is 17.9. The van der Waals surface area contributed by atoms with Crippen LogP contribution in [-0.4, -0.2) is 0 Å². The molecule has 2 nitrogen and oxygen atoms in total. The van der Waals surface area contributed by atoms with E-state index in [9.17, 15) is 0 Å². The molecule has 0 aromatic rings. The van der Waals surface area contributed by atoms with Crippen LogP contribution in [0.15, 0.2) is 0 Å². The van der Waals surface area contributed by atoms with Crippen LogP contribution in [0.25, 0.3) is 0 Å². The predicted octanol–water partition coefficient (Wildman–Crippen LogP) is 3.65. The molecule has 2 heteroatoms. The molecule has 2 saturated carbocycles. The zero-order valence-corrected chi connectivity index (χ0v) is 9.86. The molecule has 2 aliphatic carbocycles. The minimum Gasteiger partial charge on any atom is -0.198 e. The molecule has 0 amide bonds. The number of hydrogen-bond donors (Lipinski definition) is 0. The van der Waals surface area contributed by atoms with Gasteiger partial charge in [-0.3, -0.25) is 0 Å². The van der Waals surface area contributed by atoms with Crippen LogP contribution in [0.1, 0.15) is 51.4 Å². The molecule has 2 atom stereocenters. The SMILES string of the molecule is N#CC1CC(CCC2CCCC2)CC1C#N. The van der Waals surface area contributed by atoms with E-state index in [2.05, 4.69) is 12.1 Å². The molecule has 0 heterocycles. The van der Waals surface area contributed by atoms with E-state index in [1.165, 1.54) is 38.5 Å². The third kappa shape index (κ3) is 2.56. The van der Waals surface area contributed by atoms with Gasteiger partial charge in [0, 0.05) is 0 Å². The Balaban J connectivity index is 1.75. The van der Waals surface area contributed by atoms with Crippen molar-refractivity contribution < 1.29 is 0 Å². The van der Waals surface area contributed by atoms with E-state index >= 15 is 0 Å². The van der Waals surface area contributed by atoms with E-state index in [-0.39, 0.29) is 11.8 Å². The Hall–Kier alpha value is -1.02. The van der Waals surface area contributed by atoms with Crippen molar-refractivity contribution in [1.82, 2.24) is 0 Å². The fourth-order valence-corrected chi connectivity index (χ4v) is 3.43. The van der Waals surface area contributed by atoms with Crippen molar-refractivity contribution >= 4 is 0 Å². The van der Waals surface area contributed by atoms with E-state index in [0.717, 1.165) is 18.8 Å². The average Bonchev–Trinajstić information content (AvgIpc) is 2.95. The molecule has 2 rings (SSSR count). The number of rotatable bonds is 3. The summed E-state index contributed by atoms with van der Waals surface area (Å²) in [6, 6.07) is 4.60. The Morgan fingerprint density at radius 1 is 0.812 bits per heavy atom. The molecule has 0 N–H and O–H groups in total. The summed E-state index contributed by atoms with van der Waals surface area (Å²) in [5.41, 5.74) is 0. The number of hydrogen-bond acceptors (Lipinski definition) is 2. The molecule has 2 aliphatic rings. The highest BCUT2D eigenvalue weighted by molar-refractivity contribution is 5.04. The van der Waals surface area contributed by atoms with Crippen LogP contribution in [0.5, 0.6) is 0 Å². The van der Waals surface area contributed by atoms with Gasteiger partial charge in [0.1, 0.15) is 0 Å². The van der Waals surface area contributed by atoms with E-state index in [0.29, 0.717) is 5.92 Å². The molecule has 0 bridgehead atoms. The smallest absolute Gasteiger partial charge is 0.0669 e. The first kappa shape index (κ1) is 11.5. The van der Waals surface area contributed by atoms with Gasteiger partial charge in [-0.2, -0.15) is 10.5 Å². The van der Waals surface area contributed by atoms with E-state index < -0.39 is 0 Å². The van der Waals surface area contributed by atoms with Crippen molar-refractivity contribution in [2.75, 3.05) is 0 Å². The third-order valence-electron chi connectivity index (χ3n) is 4.45. The van der Waals surface area contributed by atoms with E-state index in [1.807, 2.05) is 0 Å². The van der Waals surface area contributed by atoms with Crippen molar-refractivity contribution in [2.24, 2.45) is 23.7 Å². The Morgan fingerprint density at radius 3 is 1.81 bits per heavy atom. The van der Waals surface area contributed by atoms with Gasteiger partial charge in [0.15, 0.2) is 0 Å². The standard InChI is InChI=1S/C14H20N2/c15-9-13-7-12(8-14(13)10-16)6-5-11-3-1-2-4-11/h11-14H,1-8H2. The van der Waals surface area contributed by atoms with Crippen LogP contribution in [0.2, 0.25) is 0 Å². The fraction of sp³-hybridized carbons (Fsp3) is 0.857. The van der Waals surface area contributed by atoms with Crippen molar-refractivity contribution in [2.45, 2.75) is 51.4 Å². The molecule has 0 aromatic carbocycles. The molecule has 2 unspecified atom stereocenters. The van der Waals surface area contributed by atoms with Crippen LogP contribution in [0.4, 0.5) is 0 Å². The number of nitrogens with zero attached hydrogens (tertiary/aromatic N) is 2. The average molecular weight is 216 g/mol. The molecule has 2 fully saturated rings. The highest BCUT2D eigenvalue weighted by Crippen LogP contribution is 2.40. The normalized spacial score (nSPS) is 34.8. The topological polar surface area (TPSA) is 47.6 Å². The van der Waals surface area contributed by atoms with Crippen molar-refractivity contribution in [3.05, 3.63) is 0 Å². The van der Waals surface area contributed by atoms with Crippen LogP contribution >= 0.6 is 0 Å². The van der Waals surface area contributed by atoms with Crippen molar-refractivity contribution in [3.63, 3.8) is 0 Å². The van der Waals surface area contributed by atoms with Gasteiger partial charge in [0.05, 0.1) is 24.0 Å². The Kier molecular flexibility index (Phi) is 3.83. The van der Waals surface area contributed by atoms with Crippen molar-refractivity contribution in [3.8, 4) is 12.1 Å². The maximum atomic E-state index is 8.96. The van der Waals surface area contributed by atoms with Gasteiger partial charge in [0.25, 0.3) is 0 Å². The summed E-state index contributed by atoms with van der Waals surface area (Å²) in [6.07, 6.45) is 10.2. The second-order valence-corrected chi connectivity index (χ2v) is 5.54. The summed E-state index contributed by atoms with van der Waals surface area (Å²) in [7, 11) is 0. The van der Waals surface area contributed by atoms with Crippen LogP contribution < -0.4 is 0 Å². The summed E-state index contributed by atoms with van der Waals surface area (Å²) in [4.78, 5) is 0. The molecule has 0 aromatic heterocycles. The lowest BCUT2D eigenvalue weighted by atomic mass is 9.93. The molecular formula is C14H20N2. The van der Waals surface area contributed by atoms with Crippen LogP contribution in [0, 0.1) is 46.3 Å². The summed E-state index contributed by atoms with van der Waals surface area (Å²) >= 11 is 0. The highest BCUT2D eigenvalue weighted by atomic mass is 14.4. The molecule has 0 saturated heterocycles. The molecule has 86 valence electrons. The second kappa shape index (κ2) is 5.35. The first-order chi connectivity index (χ1) is 7.83. The van der Waals surface area contributed by atoms with Gasteiger partial charge in [-0.15, -0.1) is 0 Å². The fourth-order valence-electron chi connectivity index (χ4n) is 3.43. The lowest BCUT2D eigenvalue weighted by Crippen LogP contribution is -2.01. The molecular weight excluding hydrogens is 196 g/mol. The van der Waals surface area contributed by atoms with Crippen LogP contribution in [0.3, 0.4) is 0 Å². The maximum Gasteiger partial charge on any atom is 0.0669 e. The summed E-state index contributed by atoms with van der Waals surface area (Å²) < 4.78 is 0. The Labute approximate surface area is 98.3 Å². The van der Waals surface area contributed by atoms with Gasteiger partial charge < -0.3 is 0 Å². The van der Waals surface area contributed by atoms with E-state index in [1.54, 1.807) is 0 Å². The summed E-state index contributed by atoms with van der Waals surface area (Å²) in [5.74, 6) is 1.62. The second-order valence-electron chi connectivity index (χ2n) is 5.54. The van der Waals surface area contributed by atoms with Gasteiger partial charge >= 0.3 is 0 Å². The first-order valence-electron chi connectivity index (χ1n) is 6.62. The minimum absolute atomic E-state index is 0.0126. The lowest BCUT2D eigenvalue weighted by molar-refractivity contribution is 0.397. The first-order valence-corrected chi connectivity index (χ1v) is 6.62. The van der Waals surface area contributed by atoms with Gasteiger partial charge in [0.2, 0.25) is 0 Å². The third-order valence-corrected chi connectivity index (χ3v) is 4.45. The van der Waals surface area contributed by atoms with Gasteiger partial charge in [-0.25, -0.2) is 0 Å². The Bertz CT molecular complexity index is 282. The van der Waals surface area contributed by atoms with Crippen molar-refractivity contribution in [1.29, 1.82) is 10.5 Å². The predicted molar refractivity (Wildman–Crippen MR) is 62.1 cm³/mol. The minimum atomic E-state index is 0.0126. The molecule has 0 spiro atoms. The molecule has 16 heavy (non-hydrogen) atoms. The zero-order valence-electron chi connectivity index (χ0n) is 9.86. The lowest BCUT2D eigenvalue weighted by Gasteiger charge is -2.12. The van der Waals surface area contributed by atoms with Gasteiger partial charge in [-0.05, 0) is 24.7 Å². The Morgan fingerprint density at radius 2 is 1.31 bits per heavy atom. The van der Waals surface area contributed by atoms with Crippen LogP contribution in [-0.2, 0) is 0 Å². The highest BCUT2D eigenvalue weighted by Gasteiger charge is 2.34.